The molecular formula is C14H16N2O3S. The van der Waals surface area contributed by atoms with Gasteiger partial charge < -0.3 is 4.74 Å². The summed E-state index contributed by atoms with van der Waals surface area (Å²) in [5.74, 6) is 0.512. The van der Waals surface area contributed by atoms with Crippen molar-refractivity contribution in [3.63, 3.8) is 0 Å². The van der Waals surface area contributed by atoms with Crippen LogP contribution in [0.2, 0.25) is 0 Å². The standard InChI is InChI=1S/C14H16N2O3S/c1-10-7-16-13(11(2)14(10)19-3)9-20(17,18)12-5-4-6-15-8-12/h4-8H,9H2,1-3H3. The van der Waals surface area contributed by atoms with Gasteiger partial charge in [-0.15, -0.1) is 0 Å². The van der Waals surface area contributed by atoms with Crippen molar-refractivity contribution < 1.29 is 13.2 Å². The molecule has 0 aliphatic carbocycles. The molecule has 0 aliphatic rings. The summed E-state index contributed by atoms with van der Waals surface area (Å²) in [6.07, 6.45) is 4.51. The summed E-state index contributed by atoms with van der Waals surface area (Å²) < 4.78 is 29.9. The minimum Gasteiger partial charge on any atom is -0.496 e. The lowest BCUT2D eigenvalue weighted by atomic mass is 10.1. The first-order chi connectivity index (χ1) is 9.45. The number of aromatic nitrogens is 2. The number of hydrogen-bond donors (Lipinski definition) is 0. The molecule has 0 saturated carbocycles. The fourth-order valence-corrected chi connectivity index (χ4v) is 3.34. The van der Waals surface area contributed by atoms with Crippen molar-refractivity contribution in [1.82, 2.24) is 9.97 Å². The highest BCUT2D eigenvalue weighted by atomic mass is 32.2. The lowest BCUT2D eigenvalue weighted by Crippen LogP contribution is -2.09. The van der Waals surface area contributed by atoms with Crippen LogP contribution in [-0.2, 0) is 15.6 Å². The van der Waals surface area contributed by atoms with Gasteiger partial charge in [-0.25, -0.2) is 8.42 Å². The molecule has 2 aromatic rings. The first kappa shape index (κ1) is 14.5. The van der Waals surface area contributed by atoms with Gasteiger partial charge in [0.1, 0.15) is 5.75 Å². The Morgan fingerprint density at radius 2 is 2.00 bits per heavy atom. The van der Waals surface area contributed by atoms with Crippen molar-refractivity contribution in [2.75, 3.05) is 7.11 Å². The Balaban J connectivity index is 2.41. The van der Waals surface area contributed by atoms with E-state index in [1.165, 1.54) is 18.5 Å². The minimum atomic E-state index is -3.45. The summed E-state index contributed by atoms with van der Waals surface area (Å²) in [4.78, 5) is 8.25. The van der Waals surface area contributed by atoms with E-state index in [-0.39, 0.29) is 10.6 Å². The second kappa shape index (κ2) is 5.58. The highest BCUT2D eigenvalue weighted by molar-refractivity contribution is 7.90. The molecule has 0 atom stereocenters. The van der Waals surface area contributed by atoms with Crippen LogP contribution in [0.15, 0.2) is 35.6 Å². The third-order valence-electron chi connectivity index (χ3n) is 3.07. The Hall–Kier alpha value is -1.95. The monoisotopic (exact) mass is 292 g/mol. The number of rotatable bonds is 4. The predicted molar refractivity (Wildman–Crippen MR) is 75.4 cm³/mol. The Bertz CT molecular complexity index is 713. The lowest BCUT2D eigenvalue weighted by molar-refractivity contribution is 0.407. The van der Waals surface area contributed by atoms with Crippen LogP contribution in [0.4, 0.5) is 0 Å². The van der Waals surface area contributed by atoms with Crippen LogP contribution in [0.25, 0.3) is 0 Å². The van der Waals surface area contributed by atoms with Gasteiger partial charge >= 0.3 is 0 Å². The zero-order valence-corrected chi connectivity index (χ0v) is 12.4. The second-order valence-electron chi connectivity index (χ2n) is 4.49. The van der Waals surface area contributed by atoms with Gasteiger partial charge in [0.2, 0.25) is 0 Å². The SMILES string of the molecule is COc1c(C)cnc(CS(=O)(=O)c2cccnc2)c1C. The maximum atomic E-state index is 12.3. The minimum absolute atomic E-state index is 0.166. The number of aryl methyl sites for hydroxylation is 1. The van der Waals surface area contributed by atoms with Crippen LogP contribution in [0.3, 0.4) is 0 Å². The van der Waals surface area contributed by atoms with Crippen molar-refractivity contribution in [3.8, 4) is 5.75 Å². The molecule has 2 heterocycles. The molecule has 0 saturated heterocycles. The van der Waals surface area contributed by atoms with E-state index in [1.54, 1.807) is 19.4 Å². The zero-order valence-electron chi connectivity index (χ0n) is 11.6. The van der Waals surface area contributed by atoms with Crippen LogP contribution < -0.4 is 4.74 Å². The third-order valence-corrected chi connectivity index (χ3v) is 4.68. The van der Waals surface area contributed by atoms with E-state index in [4.69, 9.17) is 4.74 Å². The van der Waals surface area contributed by atoms with Crippen LogP contribution in [-0.4, -0.2) is 25.5 Å². The predicted octanol–water partition coefficient (Wildman–Crippen LogP) is 2.08. The van der Waals surface area contributed by atoms with E-state index < -0.39 is 9.84 Å². The Kier molecular flexibility index (Phi) is 4.04. The molecule has 6 heteroatoms. The molecule has 0 spiro atoms. The normalized spacial score (nSPS) is 11.3. The zero-order chi connectivity index (χ0) is 14.8. The summed E-state index contributed by atoms with van der Waals surface area (Å²) in [6.45, 7) is 3.69. The van der Waals surface area contributed by atoms with E-state index in [2.05, 4.69) is 9.97 Å². The van der Waals surface area contributed by atoms with Gasteiger partial charge in [0.15, 0.2) is 9.84 Å². The van der Waals surface area contributed by atoms with Gasteiger partial charge in [-0.2, -0.15) is 0 Å². The smallest absolute Gasteiger partial charge is 0.185 e. The Labute approximate surface area is 118 Å². The maximum Gasteiger partial charge on any atom is 0.185 e. The van der Waals surface area contributed by atoms with E-state index in [1.807, 2.05) is 13.8 Å². The molecule has 2 rings (SSSR count). The largest absolute Gasteiger partial charge is 0.496 e. The number of nitrogens with zero attached hydrogens (tertiary/aromatic N) is 2. The quantitative estimate of drug-likeness (QED) is 0.863. The number of methoxy groups -OCH3 is 1. The molecule has 20 heavy (non-hydrogen) atoms. The molecule has 0 bridgehead atoms. The van der Waals surface area contributed by atoms with Gasteiger partial charge in [0, 0.05) is 29.7 Å². The highest BCUT2D eigenvalue weighted by Crippen LogP contribution is 2.26. The Morgan fingerprint density at radius 3 is 2.60 bits per heavy atom. The van der Waals surface area contributed by atoms with Crippen molar-refractivity contribution in [2.45, 2.75) is 24.5 Å². The van der Waals surface area contributed by atoms with Crippen molar-refractivity contribution in [2.24, 2.45) is 0 Å². The summed E-state index contributed by atoms with van der Waals surface area (Å²) >= 11 is 0. The summed E-state index contributed by atoms with van der Waals surface area (Å²) in [5.41, 5.74) is 2.13. The Morgan fingerprint density at radius 1 is 1.25 bits per heavy atom. The molecule has 0 fully saturated rings. The van der Waals surface area contributed by atoms with Gasteiger partial charge in [-0.1, -0.05) is 0 Å². The molecule has 5 nitrogen and oxygen atoms in total. The molecular weight excluding hydrogens is 276 g/mol. The second-order valence-corrected chi connectivity index (χ2v) is 6.48. The fraction of sp³-hybridized carbons (Fsp3) is 0.286. The van der Waals surface area contributed by atoms with E-state index in [9.17, 15) is 8.42 Å². The molecule has 0 unspecified atom stereocenters. The summed E-state index contributed by atoms with van der Waals surface area (Å²) in [7, 11) is -1.89. The van der Waals surface area contributed by atoms with Crippen molar-refractivity contribution >= 4 is 9.84 Å². The van der Waals surface area contributed by atoms with Crippen LogP contribution in [0.1, 0.15) is 16.8 Å². The first-order valence-corrected chi connectivity index (χ1v) is 7.73. The molecule has 0 aromatic carbocycles. The van der Waals surface area contributed by atoms with Crippen molar-refractivity contribution in [1.29, 1.82) is 0 Å². The molecule has 106 valence electrons. The number of pyridine rings is 2. The van der Waals surface area contributed by atoms with E-state index in [0.717, 1.165) is 11.1 Å². The molecule has 0 radical (unpaired) electrons. The van der Waals surface area contributed by atoms with Crippen LogP contribution in [0, 0.1) is 13.8 Å². The van der Waals surface area contributed by atoms with E-state index >= 15 is 0 Å². The lowest BCUT2D eigenvalue weighted by Gasteiger charge is -2.12. The fourth-order valence-electron chi connectivity index (χ4n) is 2.01. The van der Waals surface area contributed by atoms with Gasteiger partial charge in [0.25, 0.3) is 0 Å². The number of sulfone groups is 1. The van der Waals surface area contributed by atoms with Gasteiger partial charge in [-0.05, 0) is 26.0 Å². The van der Waals surface area contributed by atoms with Gasteiger partial charge in [-0.3, -0.25) is 9.97 Å². The number of ether oxygens (including phenoxy) is 1. The topological polar surface area (TPSA) is 69.2 Å². The molecule has 0 N–H and O–H groups in total. The summed E-state index contributed by atoms with van der Waals surface area (Å²) in [6, 6.07) is 3.13. The van der Waals surface area contributed by atoms with Crippen molar-refractivity contribution in [3.05, 3.63) is 47.5 Å². The van der Waals surface area contributed by atoms with E-state index in [0.29, 0.717) is 11.4 Å². The van der Waals surface area contributed by atoms with Crippen LogP contribution >= 0.6 is 0 Å². The average molecular weight is 292 g/mol. The van der Waals surface area contributed by atoms with Crippen LogP contribution in [0.5, 0.6) is 5.75 Å². The number of hydrogen-bond acceptors (Lipinski definition) is 5. The molecule has 2 aromatic heterocycles. The molecule has 0 aliphatic heterocycles. The highest BCUT2D eigenvalue weighted by Gasteiger charge is 2.19. The third kappa shape index (κ3) is 2.80. The maximum absolute atomic E-state index is 12.3. The first-order valence-electron chi connectivity index (χ1n) is 6.07. The summed E-state index contributed by atoms with van der Waals surface area (Å²) in [5, 5.41) is 0. The van der Waals surface area contributed by atoms with Gasteiger partial charge in [0.05, 0.1) is 23.5 Å². The molecule has 0 amide bonds. The average Bonchev–Trinajstić information content (AvgIpc) is 2.44.